The van der Waals surface area contributed by atoms with Crippen LogP contribution in [-0.4, -0.2) is 123 Å². The van der Waals surface area contributed by atoms with Crippen LogP contribution in [0.1, 0.15) is 49.1 Å². The maximum absolute atomic E-state index is 11.9. The zero-order chi connectivity index (χ0) is 37.6. The Morgan fingerprint density at radius 3 is 2.20 bits per heavy atom. The largest absolute Gasteiger partial charge is 0.483 e. The zero-order valence-electron chi connectivity index (χ0n) is 28.4. The molecule has 276 valence electrons. The lowest BCUT2D eigenvalue weighted by atomic mass is 10.1. The number of likely N-dealkylation sites (N-methyl/N-ethyl adjacent to an activating group) is 1. The number of thiazole rings is 1. The van der Waals surface area contributed by atoms with Crippen LogP contribution in [0.15, 0.2) is 16.1 Å². The first kappa shape index (κ1) is 46.5. The fourth-order valence-electron chi connectivity index (χ4n) is 2.83. The van der Waals surface area contributed by atoms with Crippen molar-refractivity contribution < 1.29 is 43.1 Å². The molecule has 0 bridgehead atoms. The number of nitrogens with zero attached hydrogens (tertiary/aromatic N) is 2. The number of hydrogen-bond donors (Lipinski definition) is 9. The Bertz CT molecular complexity index is 1260. The molecule has 4 amide bonds. The second kappa shape index (κ2) is 29.5. The van der Waals surface area contributed by atoms with Crippen molar-refractivity contribution in [1.29, 1.82) is 0 Å². The lowest BCUT2D eigenvalue weighted by Crippen LogP contribution is -2.46. The summed E-state index contributed by atoms with van der Waals surface area (Å²) < 4.78 is 5.27. The second-order valence-electron chi connectivity index (χ2n) is 9.97. The van der Waals surface area contributed by atoms with Gasteiger partial charge in [-0.15, -0.1) is 11.3 Å². The highest BCUT2D eigenvalue weighted by molar-refractivity contribution is 7.09. The number of carbonyl (C=O) groups excluding carboxylic acids is 6. The summed E-state index contributed by atoms with van der Waals surface area (Å²) >= 11 is 1.49. The summed E-state index contributed by atoms with van der Waals surface area (Å²) in [5, 5.41) is 25.2. The highest BCUT2D eigenvalue weighted by Crippen LogP contribution is 2.21. The predicted molar refractivity (Wildman–Crippen MR) is 182 cm³/mol. The summed E-state index contributed by atoms with van der Waals surface area (Å²) in [7, 11) is 3.82. The van der Waals surface area contributed by atoms with Crippen molar-refractivity contribution in [2.24, 2.45) is 11.5 Å². The highest BCUT2D eigenvalue weighted by atomic mass is 32.1. The predicted octanol–water partition coefficient (Wildman–Crippen LogP) is -2.21. The Kier molecular flexibility index (Phi) is 28.0. The van der Waals surface area contributed by atoms with Crippen LogP contribution in [0, 0.1) is 0 Å². The number of oxazole rings is 1. The van der Waals surface area contributed by atoms with Crippen LogP contribution >= 0.6 is 11.3 Å². The number of nitrogens with one attached hydrogen (secondary N) is 6. The molecule has 0 spiro atoms. The molecule has 0 fully saturated rings. The summed E-state index contributed by atoms with van der Waals surface area (Å²) in [6.07, 6.45) is 4.30. The minimum atomic E-state index is -0.658. The van der Waals surface area contributed by atoms with E-state index in [0.717, 1.165) is 18.0 Å². The average molecular weight is 715 g/mol. The van der Waals surface area contributed by atoms with Gasteiger partial charge >= 0.3 is 0 Å². The number of aldehydes is 2. The minimum absolute atomic E-state index is 0.0537. The number of amides is 4. The van der Waals surface area contributed by atoms with E-state index in [0.29, 0.717) is 43.7 Å². The number of aromatic nitrogens is 2. The topological polar surface area (TPSA) is 303 Å². The van der Waals surface area contributed by atoms with E-state index in [1.165, 1.54) is 17.6 Å². The smallest absolute Gasteiger partial charge is 0.290 e. The molecular weight excluding hydrogens is 664 g/mol. The van der Waals surface area contributed by atoms with Gasteiger partial charge in [-0.3, -0.25) is 24.0 Å². The van der Waals surface area contributed by atoms with Gasteiger partial charge in [-0.1, -0.05) is 13.8 Å². The first-order valence-electron chi connectivity index (χ1n) is 15.1. The summed E-state index contributed by atoms with van der Waals surface area (Å²) in [5.41, 5.74) is 11.5. The van der Waals surface area contributed by atoms with E-state index >= 15 is 0 Å². The van der Waals surface area contributed by atoms with Crippen LogP contribution in [0.25, 0.3) is 11.6 Å². The van der Waals surface area contributed by atoms with Gasteiger partial charge in [0.15, 0.2) is 5.69 Å². The maximum Gasteiger partial charge on any atom is 0.290 e. The van der Waals surface area contributed by atoms with Crippen molar-refractivity contribution in [3.63, 3.8) is 0 Å². The van der Waals surface area contributed by atoms with Crippen molar-refractivity contribution in [2.45, 2.75) is 58.2 Å². The van der Waals surface area contributed by atoms with E-state index in [-0.39, 0.29) is 37.7 Å². The molecular formula is C29H50N10O9S. The lowest BCUT2D eigenvalue weighted by Gasteiger charge is -2.12. The Morgan fingerprint density at radius 1 is 1.02 bits per heavy atom. The number of carbonyl (C=O) groups is 7. The van der Waals surface area contributed by atoms with Crippen LogP contribution in [0.2, 0.25) is 0 Å². The molecule has 2 aromatic heterocycles. The fraction of sp³-hybridized carbons (Fsp3) is 0.552. The first-order valence-corrected chi connectivity index (χ1v) is 16.0. The lowest BCUT2D eigenvalue weighted by molar-refractivity contribution is -0.127. The van der Waals surface area contributed by atoms with Gasteiger partial charge < -0.3 is 62.5 Å². The van der Waals surface area contributed by atoms with E-state index < -0.39 is 35.7 Å². The van der Waals surface area contributed by atoms with Crippen LogP contribution in [0.4, 0.5) is 0 Å². The number of carboxylic acid groups (broad SMARTS) is 1. The molecule has 0 aliphatic heterocycles. The van der Waals surface area contributed by atoms with Crippen molar-refractivity contribution in [3.05, 3.63) is 22.3 Å². The van der Waals surface area contributed by atoms with Crippen molar-refractivity contribution in [2.75, 3.05) is 46.8 Å². The summed E-state index contributed by atoms with van der Waals surface area (Å²) in [4.78, 5) is 83.0. The van der Waals surface area contributed by atoms with Crippen molar-refractivity contribution in [3.8, 4) is 11.6 Å². The molecule has 11 N–H and O–H groups in total. The molecule has 0 aliphatic carbocycles. The molecule has 0 aromatic carbocycles. The number of rotatable bonds is 18. The standard InChI is InChI=1S/C14H17N5O4S.C10H20N4O3.C4H11N.CH2O2/c1-15-3-2-12-18-10(8-24-12)14-19-9(7-23-14)13(22)17-6-11(21)16-4-5-20;1-7(6-15)14-9(16)5-13-10(17)8(12)3-2-4-11;1-4(2)5-3;2-1-3/h5,7-8,15H,2-4,6H2,1H3,(H,16,21)(H,17,22);6-8H,2-5,11-12H2,1H3,(H,13,17)(H,14,16);4-5H,1-3H3;1H,(H,2,3). The summed E-state index contributed by atoms with van der Waals surface area (Å²) in [6, 6.07) is -0.588. The fourth-order valence-corrected chi connectivity index (χ4v) is 3.60. The molecule has 0 saturated carbocycles. The van der Waals surface area contributed by atoms with Crippen molar-refractivity contribution in [1.82, 2.24) is 41.9 Å². The molecule has 0 aliphatic rings. The van der Waals surface area contributed by atoms with E-state index in [9.17, 15) is 28.8 Å². The van der Waals surface area contributed by atoms with Gasteiger partial charge in [-0.2, -0.15) is 0 Å². The normalized spacial score (nSPS) is 11.0. The third-order valence-corrected chi connectivity index (χ3v) is 6.45. The van der Waals surface area contributed by atoms with Gasteiger partial charge in [0.1, 0.15) is 24.5 Å². The Hall–Kier alpha value is -4.63. The van der Waals surface area contributed by atoms with Gasteiger partial charge in [0.05, 0.1) is 36.7 Å². The SMILES string of the molecule is CC(C=O)NC(=O)CNC(=O)C(N)CCCN.CNC(C)C.CNCCc1nc(-c2nc(C(=O)NCC(=O)NCC=O)co2)cs1.O=CO. The minimum Gasteiger partial charge on any atom is -0.483 e. The zero-order valence-corrected chi connectivity index (χ0v) is 29.3. The van der Waals surface area contributed by atoms with Crippen LogP contribution < -0.4 is 43.4 Å². The third-order valence-electron chi connectivity index (χ3n) is 5.54. The maximum atomic E-state index is 11.9. The van der Waals surface area contributed by atoms with E-state index in [4.69, 9.17) is 25.8 Å². The van der Waals surface area contributed by atoms with Gasteiger partial charge in [-0.25, -0.2) is 9.97 Å². The van der Waals surface area contributed by atoms with Crippen LogP contribution in [-0.2, 0) is 35.2 Å². The molecule has 2 heterocycles. The van der Waals surface area contributed by atoms with E-state index in [2.05, 4.69) is 55.7 Å². The molecule has 0 radical (unpaired) electrons. The van der Waals surface area contributed by atoms with Crippen molar-refractivity contribution >= 4 is 54.0 Å². The van der Waals surface area contributed by atoms with E-state index in [1.54, 1.807) is 6.92 Å². The third kappa shape index (κ3) is 24.2. The second-order valence-corrected chi connectivity index (χ2v) is 10.9. The highest BCUT2D eigenvalue weighted by Gasteiger charge is 2.17. The monoisotopic (exact) mass is 714 g/mol. The molecule has 49 heavy (non-hydrogen) atoms. The number of nitrogens with two attached hydrogens (primary N) is 2. The number of hydrogen-bond acceptors (Lipinski definition) is 15. The van der Waals surface area contributed by atoms with Crippen LogP contribution in [0.3, 0.4) is 0 Å². The first-order chi connectivity index (χ1) is 23.3. The van der Waals surface area contributed by atoms with Gasteiger partial charge in [0.2, 0.25) is 23.6 Å². The average Bonchev–Trinajstić information content (AvgIpc) is 3.78. The Morgan fingerprint density at radius 2 is 1.65 bits per heavy atom. The summed E-state index contributed by atoms with van der Waals surface area (Å²) in [6.45, 7) is 6.27. The molecule has 0 saturated heterocycles. The Labute approximate surface area is 289 Å². The van der Waals surface area contributed by atoms with Gasteiger partial charge in [0.25, 0.3) is 12.4 Å². The molecule has 2 unspecified atom stereocenters. The van der Waals surface area contributed by atoms with Gasteiger partial charge in [0, 0.05) is 24.4 Å². The Balaban J connectivity index is 0. The molecule has 2 atom stereocenters. The molecule has 20 heteroatoms. The van der Waals surface area contributed by atoms with E-state index in [1.807, 2.05) is 19.5 Å². The molecule has 19 nitrogen and oxygen atoms in total. The molecule has 2 rings (SSSR count). The quantitative estimate of drug-likeness (QED) is 0.0740. The van der Waals surface area contributed by atoms with Gasteiger partial charge in [-0.05, 0) is 40.4 Å². The summed E-state index contributed by atoms with van der Waals surface area (Å²) in [5.74, 6) is -1.58. The van der Waals surface area contributed by atoms with Crippen LogP contribution in [0.5, 0.6) is 0 Å². The molecule has 2 aromatic rings.